The number of carbonyl (C=O) groups is 1. The highest BCUT2D eigenvalue weighted by Crippen LogP contribution is 2.20. The van der Waals surface area contributed by atoms with Crippen molar-refractivity contribution in [3.63, 3.8) is 0 Å². The number of hydrogen-bond acceptors (Lipinski definition) is 2. The van der Waals surface area contributed by atoms with Gasteiger partial charge in [-0.1, -0.05) is 30.3 Å². The largest absolute Gasteiger partial charge is 0.496 e. The first-order valence-corrected chi connectivity index (χ1v) is 6.79. The van der Waals surface area contributed by atoms with Gasteiger partial charge in [0.25, 0.3) is 0 Å². The monoisotopic (exact) mass is 281 g/mol. The molecule has 2 aromatic rings. The zero-order valence-corrected chi connectivity index (χ0v) is 12.5. The van der Waals surface area contributed by atoms with E-state index in [1.165, 1.54) is 6.08 Å². The maximum Gasteiger partial charge on any atom is 0.248 e. The molecule has 0 bridgehead atoms. The van der Waals surface area contributed by atoms with Crippen LogP contribution in [0.2, 0.25) is 0 Å². The minimum Gasteiger partial charge on any atom is -0.496 e. The summed E-state index contributed by atoms with van der Waals surface area (Å²) in [4.78, 5) is 11.9. The first-order valence-electron chi connectivity index (χ1n) is 6.79. The van der Waals surface area contributed by atoms with Gasteiger partial charge in [-0.15, -0.1) is 0 Å². The van der Waals surface area contributed by atoms with Gasteiger partial charge in [-0.2, -0.15) is 0 Å². The van der Waals surface area contributed by atoms with Crippen molar-refractivity contribution in [2.24, 2.45) is 0 Å². The van der Waals surface area contributed by atoms with E-state index in [1.807, 2.05) is 56.3 Å². The second kappa shape index (κ2) is 6.75. The van der Waals surface area contributed by atoms with Crippen LogP contribution in [0.5, 0.6) is 5.75 Å². The summed E-state index contributed by atoms with van der Waals surface area (Å²) in [6.07, 6.45) is 3.30. The number of ether oxygens (including phenoxy) is 1. The van der Waals surface area contributed by atoms with Crippen LogP contribution in [0.4, 0.5) is 5.69 Å². The molecule has 0 aliphatic carbocycles. The summed E-state index contributed by atoms with van der Waals surface area (Å²) in [6, 6.07) is 13.5. The van der Waals surface area contributed by atoms with Crippen molar-refractivity contribution >= 4 is 17.7 Å². The average Bonchev–Trinajstić information content (AvgIpc) is 2.49. The molecule has 0 aliphatic heterocycles. The van der Waals surface area contributed by atoms with Crippen LogP contribution >= 0.6 is 0 Å². The lowest BCUT2D eigenvalue weighted by Gasteiger charge is -2.06. The Hall–Kier alpha value is -2.55. The Labute approximate surface area is 125 Å². The van der Waals surface area contributed by atoms with Crippen molar-refractivity contribution in [2.45, 2.75) is 13.8 Å². The van der Waals surface area contributed by atoms with Crippen LogP contribution in [-0.2, 0) is 4.79 Å². The number of methoxy groups -OCH3 is 1. The Morgan fingerprint density at radius 3 is 2.57 bits per heavy atom. The van der Waals surface area contributed by atoms with Gasteiger partial charge in [0.2, 0.25) is 5.91 Å². The summed E-state index contributed by atoms with van der Waals surface area (Å²) in [5.41, 5.74) is 3.86. The van der Waals surface area contributed by atoms with Gasteiger partial charge in [-0.3, -0.25) is 4.79 Å². The van der Waals surface area contributed by atoms with Crippen molar-refractivity contribution in [3.8, 4) is 5.75 Å². The Bertz CT molecular complexity index is 675. The van der Waals surface area contributed by atoms with Gasteiger partial charge in [0, 0.05) is 11.8 Å². The van der Waals surface area contributed by atoms with Crippen molar-refractivity contribution in [2.75, 3.05) is 12.4 Å². The Kier molecular flexibility index (Phi) is 4.77. The lowest BCUT2D eigenvalue weighted by Crippen LogP contribution is -2.08. The van der Waals surface area contributed by atoms with Gasteiger partial charge in [-0.25, -0.2) is 0 Å². The highest BCUT2D eigenvalue weighted by atomic mass is 16.5. The van der Waals surface area contributed by atoms with E-state index < -0.39 is 0 Å². The molecule has 3 nitrogen and oxygen atoms in total. The highest BCUT2D eigenvalue weighted by molar-refractivity contribution is 6.02. The van der Waals surface area contributed by atoms with E-state index in [-0.39, 0.29) is 5.91 Å². The third-order valence-electron chi connectivity index (χ3n) is 3.26. The van der Waals surface area contributed by atoms with Crippen LogP contribution in [0.25, 0.3) is 6.08 Å². The molecule has 0 aliphatic rings. The third-order valence-corrected chi connectivity index (χ3v) is 3.26. The summed E-state index contributed by atoms with van der Waals surface area (Å²) in [6.45, 7) is 3.95. The van der Waals surface area contributed by atoms with Crippen molar-refractivity contribution in [1.82, 2.24) is 0 Å². The molecule has 0 spiro atoms. The number of rotatable bonds is 4. The van der Waals surface area contributed by atoms with Crippen molar-refractivity contribution in [1.29, 1.82) is 0 Å². The summed E-state index contributed by atoms with van der Waals surface area (Å²) in [5, 5.41) is 2.86. The molecule has 1 N–H and O–H groups in total. The minimum atomic E-state index is -0.149. The first kappa shape index (κ1) is 14.9. The number of para-hydroxylation sites is 1. The SMILES string of the molecule is COc1cc(/C=C/C(=O)Nc2ccccc2C)ccc1C. The molecule has 0 atom stereocenters. The van der Waals surface area contributed by atoms with Crippen molar-refractivity contribution in [3.05, 3.63) is 65.2 Å². The second-order valence-corrected chi connectivity index (χ2v) is 4.87. The molecule has 0 fully saturated rings. The smallest absolute Gasteiger partial charge is 0.248 e. The van der Waals surface area contributed by atoms with Crippen molar-refractivity contribution < 1.29 is 9.53 Å². The maximum absolute atomic E-state index is 11.9. The van der Waals surface area contributed by atoms with E-state index in [0.717, 1.165) is 28.1 Å². The lowest BCUT2D eigenvalue weighted by atomic mass is 10.1. The normalized spacial score (nSPS) is 10.6. The lowest BCUT2D eigenvalue weighted by molar-refractivity contribution is -0.111. The van der Waals surface area contributed by atoms with Gasteiger partial charge in [0.05, 0.1) is 7.11 Å². The molecule has 108 valence electrons. The number of nitrogens with one attached hydrogen (secondary N) is 1. The molecule has 3 heteroatoms. The predicted molar refractivity (Wildman–Crippen MR) is 86.6 cm³/mol. The molecule has 2 rings (SSSR count). The van der Waals surface area contributed by atoms with E-state index in [0.29, 0.717) is 0 Å². The topological polar surface area (TPSA) is 38.3 Å². The third kappa shape index (κ3) is 3.96. The van der Waals surface area contributed by atoms with Gasteiger partial charge in [-0.05, 0) is 48.7 Å². The highest BCUT2D eigenvalue weighted by Gasteiger charge is 2.01. The maximum atomic E-state index is 11.9. The van der Waals surface area contributed by atoms with E-state index >= 15 is 0 Å². The fourth-order valence-electron chi connectivity index (χ4n) is 2.00. The molecule has 21 heavy (non-hydrogen) atoms. The molecule has 0 aromatic heterocycles. The minimum absolute atomic E-state index is 0.149. The zero-order valence-electron chi connectivity index (χ0n) is 12.5. The zero-order chi connectivity index (χ0) is 15.2. The fraction of sp³-hybridized carbons (Fsp3) is 0.167. The Morgan fingerprint density at radius 1 is 1.10 bits per heavy atom. The quantitative estimate of drug-likeness (QED) is 0.861. The van der Waals surface area contributed by atoms with Crippen LogP contribution < -0.4 is 10.1 Å². The van der Waals surface area contributed by atoms with Crippen LogP contribution in [0.15, 0.2) is 48.5 Å². The van der Waals surface area contributed by atoms with Gasteiger partial charge < -0.3 is 10.1 Å². The van der Waals surface area contributed by atoms with Crippen LogP contribution in [-0.4, -0.2) is 13.0 Å². The average molecular weight is 281 g/mol. The Morgan fingerprint density at radius 2 is 1.86 bits per heavy atom. The number of hydrogen-bond donors (Lipinski definition) is 1. The number of carbonyl (C=O) groups excluding carboxylic acids is 1. The summed E-state index contributed by atoms with van der Waals surface area (Å²) >= 11 is 0. The number of anilines is 1. The molecule has 0 radical (unpaired) electrons. The first-order chi connectivity index (χ1) is 10.1. The van der Waals surface area contributed by atoms with Crippen LogP contribution in [0.1, 0.15) is 16.7 Å². The summed E-state index contributed by atoms with van der Waals surface area (Å²) in [5.74, 6) is 0.667. The number of benzene rings is 2. The fourth-order valence-corrected chi connectivity index (χ4v) is 2.00. The van der Waals surface area contributed by atoms with E-state index in [9.17, 15) is 4.79 Å². The van der Waals surface area contributed by atoms with Crippen LogP contribution in [0.3, 0.4) is 0 Å². The molecule has 0 saturated carbocycles. The molecule has 0 saturated heterocycles. The van der Waals surface area contributed by atoms with Gasteiger partial charge >= 0.3 is 0 Å². The summed E-state index contributed by atoms with van der Waals surface area (Å²) in [7, 11) is 1.64. The number of amides is 1. The summed E-state index contributed by atoms with van der Waals surface area (Å²) < 4.78 is 5.27. The molecule has 0 heterocycles. The molecule has 2 aromatic carbocycles. The van der Waals surface area contributed by atoms with E-state index in [4.69, 9.17) is 4.74 Å². The molecule has 1 amide bonds. The van der Waals surface area contributed by atoms with E-state index in [2.05, 4.69) is 5.32 Å². The molecular weight excluding hydrogens is 262 g/mol. The van der Waals surface area contributed by atoms with Gasteiger partial charge in [0.1, 0.15) is 5.75 Å². The second-order valence-electron chi connectivity index (χ2n) is 4.87. The van der Waals surface area contributed by atoms with Crippen LogP contribution in [0, 0.1) is 13.8 Å². The molecular formula is C18H19NO2. The van der Waals surface area contributed by atoms with E-state index in [1.54, 1.807) is 13.2 Å². The molecule has 0 unspecified atom stereocenters. The van der Waals surface area contributed by atoms with Gasteiger partial charge in [0.15, 0.2) is 0 Å². The standard InChI is InChI=1S/C18H19NO2/c1-13-6-4-5-7-16(13)19-18(20)11-10-15-9-8-14(2)17(12-15)21-3/h4-12H,1-3H3,(H,19,20)/b11-10+. The number of aryl methyl sites for hydroxylation is 2. The predicted octanol–water partition coefficient (Wildman–Crippen LogP) is 3.96. The Balaban J connectivity index is 2.07.